The lowest BCUT2D eigenvalue weighted by Gasteiger charge is -2.36. The predicted molar refractivity (Wildman–Crippen MR) is 144 cm³/mol. The van der Waals surface area contributed by atoms with Gasteiger partial charge in [0.25, 0.3) is 0 Å². The summed E-state index contributed by atoms with van der Waals surface area (Å²) in [7, 11) is -4.17. The maximum absolute atomic E-state index is 13.4. The number of rotatable bonds is 10. The molecule has 5 nitrogen and oxygen atoms in total. The van der Waals surface area contributed by atoms with Gasteiger partial charge >= 0.3 is 12.7 Å². The Balaban J connectivity index is 1.91. The van der Waals surface area contributed by atoms with Crippen molar-refractivity contribution in [2.24, 2.45) is 0 Å². The molecular formula is C30H25F6NO4S. The van der Waals surface area contributed by atoms with Gasteiger partial charge in [-0.05, 0) is 66.4 Å². The highest BCUT2D eigenvalue weighted by Gasteiger charge is 2.39. The summed E-state index contributed by atoms with van der Waals surface area (Å²) >= 11 is 0. The maximum Gasteiger partial charge on any atom is 0.573 e. The average molecular weight is 610 g/mol. The normalized spacial score (nSPS) is 12.6. The van der Waals surface area contributed by atoms with E-state index in [0.717, 1.165) is 29.8 Å². The summed E-state index contributed by atoms with van der Waals surface area (Å²) in [6.07, 6.45) is -10.1. The second kappa shape index (κ2) is 12.1. The number of hydrogen-bond donors (Lipinski definition) is 1. The van der Waals surface area contributed by atoms with Crippen LogP contribution >= 0.6 is 0 Å². The van der Waals surface area contributed by atoms with Crippen molar-refractivity contribution in [1.82, 2.24) is 4.72 Å². The molecule has 0 heterocycles. The summed E-state index contributed by atoms with van der Waals surface area (Å²) in [6.45, 7) is 1.34. The van der Waals surface area contributed by atoms with Crippen LogP contribution in [-0.2, 0) is 21.9 Å². The van der Waals surface area contributed by atoms with E-state index in [1.807, 2.05) is 0 Å². The minimum atomic E-state index is -5.02. The Kier molecular flexibility index (Phi) is 8.88. The Labute approximate surface area is 238 Å². The Bertz CT molecular complexity index is 1550. The van der Waals surface area contributed by atoms with Crippen LogP contribution in [0, 0.1) is 6.92 Å². The summed E-state index contributed by atoms with van der Waals surface area (Å²) in [6, 6.07) is 24.4. The third-order valence-corrected chi connectivity index (χ3v) is 7.90. The average Bonchev–Trinajstić information content (AvgIpc) is 2.90. The molecule has 0 saturated heterocycles. The number of alkyl halides is 6. The monoisotopic (exact) mass is 609 g/mol. The predicted octanol–water partition coefficient (Wildman–Crippen LogP) is 7.30. The molecule has 0 bridgehead atoms. The molecule has 1 N–H and O–H groups in total. The van der Waals surface area contributed by atoms with Gasteiger partial charge in [-0.2, -0.15) is 0 Å². The molecule has 42 heavy (non-hydrogen) atoms. The van der Waals surface area contributed by atoms with Crippen LogP contribution in [0.25, 0.3) is 0 Å². The SMILES string of the molecule is Cc1ccc(S(=O)(=O)NCC(Cc2ccccc2)(c2cccc(OC(F)(F)F)c2)c2cccc(OC(F)(F)F)c2)cc1. The summed E-state index contributed by atoms with van der Waals surface area (Å²) in [5, 5.41) is 0. The van der Waals surface area contributed by atoms with E-state index in [2.05, 4.69) is 14.2 Å². The van der Waals surface area contributed by atoms with E-state index in [9.17, 15) is 34.8 Å². The standard InChI is InChI=1S/C30H25F6NO4S/c1-21-13-15-27(16-14-21)42(38,39)37-20-28(19-22-7-3-2-4-8-22,23-9-5-11-25(17-23)40-29(31,32)33)24-10-6-12-26(18-24)41-30(34,35)36/h2-18,37H,19-20H2,1H3. The lowest BCUT2D eigenvalue weighted by Crippen LogP contribution is -2.43. The highest BCUT2D eigenvalue weighted by atomic mass is 32.2. The molecule has 0 fully saturated rings. The van der Waals surface area contributed by atoms with Crippen molar-refractivity contribution in [3.63, 3.8) is 0 Å². The Morgan fingerprint density at radius 2 is 1.17 bits per heavy atom. The number of nitrogens with one attached hydrogen (secondary N) is 1. The number of halogens is 6. The highest BCUT2D eigenvalue weighted by molar-refractivity contribution is 7.89. The van der Waals surface area contributed by atoms with Crippen molar-refractivity contribution in [3.05, 3.63) is 125 Å². The van der Waals surface area contributed by atoms with Crippen LogP contribution in [0.1, 0.15) is 22.3 Å². The van der Waals surface area contributed by atoms with E-state index in [-0.39, 0.29) is 22.4 Å². The van der Waals surface area contributed by atoms with Crippen LogP contribution in [0.4, 0.5) is 26.3 Å². The molecule has 0 aliphatic rings. The van der Waals surface area contributed by atoms with Crippen LogP contribution < -0.4 is 14.2 Å². The van der Waals surface area contributed by atoms with E-state index in [0.29, 0.717) is 5.56 Å². The molecule has 0 atom stereocenters. The second-order valence-electron chi connectivity index (χ2n) is 9.53. The lowest BCUT2D eigenvalue weighted by atomic mass is 9.70. The number of sulfonamides is 1. The van der Waals surface area contributed by atoms with Gasteiger partial charge in [0, 0.05) is 12.0 Å². The first kappa shape index (κ1) is 30.9. The molecule has 0 radical (unpaired) electrons. The third kappa shape index (κ3) is 8.04. The minimum absolute atomic E-state index is 0.0187. The van der Waals surface area contributed by atoms with Crippen LogP contribution in [0.2, 0.25) is 0 Å². The smallest absolute Gasteiger partial charge is 0.406 e. The fourth-order valence-corrected chi connectivity index (χ4v) is 5.68. The van der Waals surface area contributed by atoms with Gasteiger partial charge < -0.3 is 9.47 Å². The van der Waals surface area contributed by atoms with Crippen molar-refractivity contribution in [2.45, 2.75) is 36.4 Å². The molecule has 0 aromatic heterocycles. The van der Waals surface area contributed by atoms with Crippen molar-refractivity contribution >= 4 is 10.0 Å². The number of benzene rings is 4. The van der Waals surface area contributed by atoms with Gasteiger partial charge in [0.15, 0.2) is 0 Å². The molecular weight excluding hydrogens is 584 g/mol. The Hall–Kier alpha value is -4.03. The summed E-state index contributed by atoms with van der Waals surface area (Å²) in [4.78, 5) is -0.0648. The molecule has 0 saturated carbocycles. The zero-order chi connectivity index (χ0) is 30.6. The first-order valence-corrected chi connectivity index (χ1v) is 14.0. The molecule has 4 aromatic carbocycles. The number of ether oxygens (including phenoxy) is 2. The molecule has 222 valence electrons. The summed E-state index contributed by atoms with van der Waals surface area (Å²) < 4.78 is 116. The Morgan fingerprint density at radius 3 is 1.64 bits per heavy atom. The van der Waals surface area contributed by atoms with Gasteiger partial charge in [-0.1, -0.05) is 72.3 Å². The van der Waals surface area contributed by atoms with Crippen LogP contribution in [0.3, 0.4) is 0 Å². The summed E-state index contributed by atoms with van der Waals surface area (Å²) in [5.74, 6) is -1.16. The molecule has 0 unspecified atom stereocenters. The van der Waals surface area contributed by atoms with Gasteiger partial charge in [0.05, 0.1) is 4.90 Å². The molecule has 0 spiro atoms. The first-order valence-electron chi connectivity index (χ1n) is 12.5. The van der Waals surface area contributed by atoms with E-state index >= 15 is 0 Å². The fourth-order valence-electron chi connectivity index (χ4n) is 4.58. The summed E-state index contributed by atoms with van der Waals surface area (Å²) in [5.41, 5.74) is 0.231. The number of aryl methyl sites for hydroxylation is 1. The molecule has 4 rings (SSSR count). The van der Waals surface area contributed by atoms with Crippen LogP contribution in [0.15, 0.2) is 108 Å². The Morgan fingerprint density at radius 1 is 0.667 bits per heavy atom. The zero-order valence-electron chi connectivity index (χ0n) is 22.0. The molecule has 4 aromatic rings. The molecule has 0 aliphatic carbocycles. The highest BCUT2D eigenvalue weighted by Crippen LogP contribution is 2.40. The molecule has 12 heteroatoms. The lowest BCUT2D eigenvalue weighted by molar-refractivity contribution is -0.275. The maximum atomic E-state index is 13.4. The number of hydrogen-bond acceptors (Lipinski definition) is 4. The third-order valence-electron chi connectivity index (χ3n) is 6.48. The van der Waals surface area contributed by atoms with E-state index < -0.39 is 46.2 Å². The van der Waals surface area contributed by atoms with E-state index in [1.165, 1.54) is 36.4 Å². The van der Waals surface area contributed by atoms with Crippen molar-refractivity contribution in [3.8, 4) is 11.5 Å². The minimum Gasteiger partial charge on any atom is -0.406 e. The second-order valence-corrected chi connectivity index (χ2v) is 11.3. The zero-order valence-corrected chi connectivity index (χ0v) is 22.9. The van der Waals surface area contributed by atoms with Gasteiger partial charge in [-0.15, -0.1) is 26.3 Å². The van der Waals surface area contributed by atoms with Crippen molar-refractivity contribution < 1.29 is 44.2 Å². The van der Waals surface area contributed by atoms with Crippen molar-refractivity contribution in [2.75, 3.05) is 6.54 Å². The molecule has 0 aliphatic heterocycles. The van der Waals surface area contributed by atoms with Crippen LogP contribution in [-0.4, -0.2) is 27.7 Å². The van der Waals surface area contributed by atoms with Gasteiger partial charge in [-0.25, -0.2) is 13.1 Å². The van der Waals surface area contributed by atoms with Crippen molar-refractivity contribution in [1.29, 1.82) is 0 Å². The van der Waals surface area contributed by atoms with Gasteiger partial charge in [0.2, 0.25) is 10.0 Å². The largest absolute Gasteiger partial charge is 0.573 e. The quantitative estimate of drug-likeness (QED) is 0.192. The fraction of sp³-hybridized carbons (Fsp3) is 0.200. The first-order chi connectivity index (χ1) is 19.7. The van der Waals surface area contributed by atoms with Gasteiger partial charge in [0.1, 0.15) is 11.5 Å². The van der Waals surface area contributed by atoms with E-state index in [4.69, 9.17) is 0 Å². The van der Waals surface area contributed by atoms with E-state index in [1.54, 1.807) is 49.4 Å². The van der Waals surface area contributed by atoms with Gasteiger partial charge in [-0.3, -0.25) is 0 Å². The molecule has 0 amide bonds. The van der Waals surface area contributed by atoms with Crippen LogP contribution in [0.5, 0.6) is 11.5 Å². The topological polar surface area (TPSA) is 64.6 Å².